The lowest BCUT2D eigenvalue weighted by molar-refractivity contribution is 0.108. The van der Waals surface area contributed by atoms with Crippen molar-refractivity contribution in [1.82, 2.24) is 14.9 Å². The van der Waals surface area contributed by atoms with E-state index < -0.39 is 0 Å². The smallest absolute Gasteiger partial charge is 0.130 e. The first kappa shape index (κ1) is 15.4. The van der Waals surface area contributed by atoms with Gasteiger partial charge in [0.2, 0.25) is 0 Å². The molecule has 2 heterocycles. The van der Waals surface area contributed by atoms with Crippen molar-refractivity contribution in [3.05, 3.63) is 23.7 Å². The summed E-state index contributed by atoms with van der Waals surface area (Å²) in [6, 6.07) is 0. The molecule has 0 saturated carbocycles. The van der Waals surface area contributed by atoms with Crippen molar-refractivity contribution in [1.29, 1.82) is 0 Å². The van der Waals surface area contributed by atoms with Crippen LogP contribution in [0.2, 0.25) is 0 Å². The molecule has 3 N–H and O–H groups in total. The molecule has 1 saturated heterocycles. The lowest BCUT2D eigenvalue weighted by Gasteiger charge is -2.23. The summed E-state index contributed by atoms with van der Waals surface area (Å²) < 4.78 is 0. The summed E-state index contributed by atoms with van der Waals surface area (Å²) in [5, 5.41) is 10.4. The minimum Gasteiger partial charge on any atom is -0.391 e. The number of anilines is 1. The number of nitrogens with two attached hydrogens (primary N) is 1. The van der Waals surface area contributed by atoms with E-state index in [9.17, 15) is 5.11 Å². The number of hydrogen-bond acceptors (Lipinski definition) is 5. The first-order valence-electron chi connectivity index (χ1n) is 8.33. The van der Waals surface area contributed by atoms with Gasteiger partial charge in [-0.15, -0.1) is 0 Å². The normalized spacial score (nSPS) is 24.8. The number of fused-ring (bicyclic) bond motifs is 1. The summed E-state index contributed by atoms with van der Waals surface area (Å²) in [7, 11) is 0. The van der Waals surface area contributed by atoms with Crippen LogP contribution in [0, 0.1) is 11.8 Å². The van der Waals surface area contributed by atoms with Crippen LogP contribution >= 0.6 is 0 Å². The Labute approximate surface area is 132 Å². The van der Waals surface area contributed by atoms with Gasteiger partial charge in [-0.1, -0.05) is 32.8 Å². The number of aliphatic hydroxyl groups excluding tert-OH is 1. The summed E-state index contributed by atoms with van der Waals surface area (Å²) in [6.07, 6.45) is 6.64. The molecule has 1 aromatic heterocycles. The fraction of sp³-hybridized carbons (Fsp3) is 0.647. The Hall–Kier alpha value is -1.46. The van der Waals surface area contributed by atoms with Crippen LogP contribution in [0.5, 0.6) is 0 Å². The van der Waals surface area contributed by atoms with E-state index in [1.165, 1.54) is 5.57 Å². The average Bonchev–Trinajstić information content (AvgIpc) is 3.07. The van der Waals surface area contributed by atoms with Crippen LogP contribution < -0.4 is 5.73 Å². The maximum atomic E-state index is 10.4. The van der Waals surface area contributed by atoms with E-state index >= 15 is 0 Å². The van der Waals surface area contributed by atoms with Crippen LogP contribution in [0.3, 0.4) is 0 Å². The number of hydrogen-bond donors (Lipinski definition) is 2. The molecule has 120 valence electrons. The summed E-state index contributed by atoms with van der Waals surface area (Å²) in [4.78, 5) is 10.8. The predicted molar refractivity (Wildman–Crippen MR) is 88.1 cm³/mol. The number of allylic oxidation sites excluding steroid dienone is 1. The van der Waals surface area contributed by atoms with Gasteiger partial charge in [-0.3, -0.25) is 4.90 Å². The van der Waals surface area contributed by atoms with Gasteiger partial charge in [0.25, 0.3) is 0 Å². The first-order chi connectivity index (χ1) is 10.6. The Kier molecular flexibility index (Phi) is 4.45. The van der Waals surface area contributed by atoms with Crippen molar-refractivity contribution in [2.45, 2.75) is 39.2 Å². The molecule has 5 heteroatoms. The molecule has 1 aliphatic heterocycles. The van der Waals surface area contributed by atoms with E-state index in [0.29, 0.717) is 17.7 Å². The molecule has 22 heavy (non-hydrogen) atoms. The Morgan fingerprint density at radius 1 is 1.32 bits per heavy atom. The van der Waals surface area contributed by atoms with Crippen molar-refractivity contribution in [3.8, 4) is 0 Å². The van der Waals surface area contributed by atoms with Gasteiger partial charge in [0, 0.05) is 31.1 Å². The second-order valence-corrected chi connectivity index (χ2v) is 6.52. The monoisotopic (exact) mass is 302 g/mol. The number of aromatic nitrogens is 2. The molecule has 1 aromatic rings. The second-order valence-electron chi connectivity index (χ2n) is 6.52. The predicted octanol–water partition coefficient (Wildman–Crippen LogP) is 1.73. The lowest BCUT2D eigenvalue weighted by Crippen LogP contribution is -2.25. The van der Waals surface area contributed by atoms with E-state index in [0.717, 1.165) is 50.2 Å². The Morgan fingerprint density at radius 3 is 2.82 bits per heavy atom. The third kappa shape index (κ3) is 2.75. The average molecular weight is 302 g/mol. The van der Waals surface area contributed by atoms with E-state index in [1.54, 1.807) is 6.33 Å². The third-order valence-electron chi connectivity index (χ3n) is 5.29. The zero-order valence-electron chi connectivity index (χ0n) is 13.5. The SMILES string of the molecule is CCC(CC)[C@H]1CN(CC2=CCc3c(N)ncnc32)C[C@@H]1O. The van der Waals surface area contributed by atoms with E-state index in [-0.39, 0.29) is 6.10 Å². The molecule has 1 fully saturated rings. The van der Waals surface area contributed by atoms with Crippen molar-refractivity contribution >= 4 is 11.4 Å². The highest BCUT2D eigenvalue weighted by molar-refractivity contribution is 5.74. The van der Waals surface area contributed by atoms with E-state index in [1.807, 2.05) is 0 Å². The fourth-order valence-electron chi connectivity index (χ4n) is 3.99. The van der Waals surface area contributed by atoms with Crippen molar-refractivity contribution in [2.75, 3.05) is 25.4 Å². The Bertz CT molecular complexity index is 568. The summed E-state index contributed by atoms with van der Waals surface area (Å²) >= 11 is 0. The zero-order chi connectivity index (χ0) is 15.7. The van der Waals surface area contributed by atoms with Gasteiger partial charge in [-0.25, -0.2) is 9.97 Å². The molecule has 0 aromatic carbocycles. The van der Waals surface area contributed by atoms with Crippen LogP contribution in [-0.4, -0.2) is 45.7 Å². The lowest BCUT2D eigenvalue weighted by atomic mass is 9.86. The minimum atomic E-state index is -0.207. The molecule has 2 aliphatic rings. The van der Waals surface area contributed by atoms with Gasteiger partial charge in [-0.05, 0) is 17.9 Å². The van der Waals surface area contributed by atoms with Gasteiger partial charge in [0.05, 0.1) is 11.8 Å². The highest BCUT2D eigenvalue weighted by Crippen LogP contribution is 2.33. The highest BCUT2D eigenvalue weighted by atomic mass is 16.3. The van der Waals surface area contributed by atoms with Crippen LogP contribution in [-0.2, 0) is 6.42 Å². The van der Waals surface area contributed by atoms with Gasteiger partial charge in [0.15, 0.2) is 0 Å². The highest BCUT2D eigenvalue weighted by Gasteiger charge is 2.36. The molecule has 0 unspecified atom stereocenters. The van der Waals surface area contributed by atoms with Gasteiger partial charge < -0.3 is 10.8 Å². The molecule has 0 amide bonds. The molecule has 0 radical (unpaired) electrons. The van der Waals surface area contributed by atoms with Crippen LogP contribution in [0.25, 0.3) is 5.57 Å². The molecule has 5 nitrogen and oxygen atoms in total. The molecule has 1 aliphatic carbocycles. The second kappa shape index (κ2) is 6.34. The molecule has 0 spiro atoms. The summed E-state index contributed by atoms with van der Waals surface area (Å²) in [5.74, 6) is 1.60. The largest absolute Gasteiger partial charge is 0.391 e. The van der Waals surface area contributed by atoms with E-state index in [2.05, 4.69) is 34.8 Å². The molecule has 0 bridgehead atoms. The van der Waals surface area contributed by atoms with Gasteiger partial charge in [-0.2, -0.15) is 0 Å². The fourth-order valence-corrected chi connectivity index (χ4v) is 3.99. The zero-order valence-corrected chi connectivity index (χ0v) is 13.5. The van der Waals surface area contributed by atoms with Crippen LogP contribution in [0.15, 0.2) is 12.4 Å². The standard InChI is InChI=1S/C17H26N4O/c1-3-11(4-2)14-8-21(9-15(14)22)7-12-5-6-13-16(12)19-10-20-17(13)18/h5,10-11,14-15,22H,3-4,6-9H2,1-2H3,(H2,18,19,20)/t14-,15+/m1/s1. The van der Waals surface area contributed by atoms with Gasteiger partial charge in [0.1, 0.15) is 12.1 Å². The third-order valence-corrected chi connectivity index (χ3v) is 5.29. The number of aliphatic hydroxyl groups is 1. The number of β-amino-alcohol motifs (C(OH)–C–C–N with tert-alkyl or cyclic N) is 1. The molecule has 2 atom stereocenters. The van der Waals surface area contributed by atoms with Crippen molar-refractivity contribution in [2.24, 2.45) is 11.8 Å². The molecular weight excluding hydrogens is 276 g/mol. The topological polar surface area (TPSA) is 75.3 Å². The summed E-state index contributed by atoms with van der Waals surface area (Å²) in [5.41, 5.74) is 9.19. The Balaban J connectivity index is 1.68. The van der Waals surface area contributed by atoms with Crippen molar-refractivity contribution < 1.29 is 5.11 Å². The molecule has 3 rings (SSSR count). The van der Waals surface area contributed by atoms with Gasteiger partial charge >= 0.3 is 0 Å². The van der Waals surface area contributed by atoms with Crippen molar-refractivity contribution in [3.63, 3.8) is 0 Å². The number of rotatable bonds is 5. The van der Waals surface area contributed by atoms with Crippen LogP contribution in [0.4, 0.5) is 5.82 Å². The number of likely N-dealkylation sites (tertiary alicyclic amines) is 1. The maximum Gasteiger partial charge on any atom is 0.130 e. The quantitative estimate of drug-likeness (QED) is 0.866. The van der Waals surface area contributed by atoms with Crippen LogP contribution in [0.1, 0.15) is 37.9 Å². The maximum absolute atomic E-state index is 10.4. The number of nitrogen functional groups attached to an aromatic ring is 1. The first-order valence-corrected chi connectivity index (χ1v) is 8.33. The molecular formula is C17H26N4O. The van der Waals surface area contributed by atoms with E-state index in [4.69, 9.17) is 5.73 Å². The summed E-state index contributed by atoms with van der Waals surface area (Å²) in [6.45, 7) is 7.02. The Morgan fingerprint density at radius 2 is 2.09 bits per heavy atom. The minimum absolute atomic E-state index is 0.207. The number of nitrogens with zero attached hydrogens (tertiary/aromatic N) is 3.